The number of fused-ring (bicyclic) bond motifs is 1. The number of hydrogen-bond acceptors (Lipinski definition) is 4. The van der Waals surface area contributed by atoms with Gasteiger partial charge in [0.2, 0.25) is 5.91 Å². The van der Waals surface area contributed by atoms with Gasteiger partial charge in [-0.25, -0.2) is 4.79 Å². The summed E-state index contributed by atoms with van der Waals surface area (Å²) in [5.41, 5.74) is 2.62. The third-order valence-corrected chi connectivity index (χ3v) is 14.2. The number of carbonyl (C=O) groups is 2. The van der Waals surface area contributed by atoms with Crippen LogP contribution in [0.3, 0.4) is 0 Å². The van der Waals surface area contributed by atoms with Crippen LogP contribution < -0.4 is 10.6 Å². The maximum atomic E-state index is 13.9. The molecule has 2 amide bonds. The number of rotatable bonds is 12. The smallest absolute Gasteiger partial charge is 0.407 e. The van der Waals surface area contributed by atoms with Gasteiger partial charge >= 0.3 is 6.09 Å². The van der Waals surface area contributed by atoms with Gasteiger partial charge in [-0.3, -0.25) is 4.79 Å². The van der Waals surface area contributed by atoms with Gasteiger partial charge in [0.25, 0.3) is 0 Å². The van der Waals surface area contributed by atoms with Crippen molar-refractivity contribution in [3.05, 3.63) is 71.9 Å². The largest absolute Gasteiger partial charge is 0.444 e. The molecule has 7 nitrogen and oxygen atoms in total. The normalized spacial score (nSPS) is 16.9. The summed E-state index contributed by atoms with van der Waals surface area (Å²) in [6.45, 7) is 16.7. The molecule has 0 bridgehead atoms. The second kappa shape index (κ2) is 15.2. The Morgan fingerprint density at radius 2 is 1.57 bits per heavy atom. The Kier molecular flexibility index (Phi) is 11.8. The SMILES string of the molecule is CC(C)(C)OC(=O)N[C@@H](Cc1ccccc1)[C@H](CCC(=O)NC(c1cc2ccccc2[nH]1)C1CCCCC1)O[Si](C)(C)C(C)(C)C. The standard InChI is InChI=1S/C38H57N3O4Si/c1-37(2,3)44-36(43)40-31(25-27-17-11-9-12-18-27)33(45-46(7,8)38(4,5)6)23-24-34(42)41-35(28-19-13-10-14-20-28)32-26-29-21-15-16-22-30(29)39-32/h9,11-12,15-18,21-22,26,28,31,33,35,39H,10,13-14,19-20,23-25H2,1-8H3,(H,40,43)(H,41,42)/t31-,33-,35?/m0/s1. The molecule has 252 valence electrons. The third-order valence-electron chi connectivity index (χ3n) is 9.68. The van der Waals surface area contributed by atoms with E-state index in [-0.39, 0.29) is 29.1 Å². The second-order valence-corrected chi connectivity index (χ2v) is 20.4. The number of para-hydroxylation sites is 1. The highest BCUT2D eigenvalue weighted by Gasteiger charge is 2.41. The number of aromatic nitrogens is 1. The zero-order chi connectivity index (χ0) is 33.5. The molecule has 2 aromatic carbocycles. The van der Waals surface area contributed by atoms with Gasteiger partial charge < -0.3 is 24.8 Å². The third kappa shape index (κ3) is 10.2. The Labute approximate surface area is 277 Å². The summed E-state index contributed by atoms with van der Waals surface area (Å²) in [5.74, 6) is 0.401. The Balaban J connectivity index is 1.58. The van der Waals surface area contributed by atoms with Crippen LogP contribution in [0.1, 0.15) is 104 Å². The molecule has 3 atom stereocenters. The van der Waals surface area contributed by atoms with Crippen molar-refractivity contribution in [2.24, 2.45) is 5.92 Å². The van der Waals surface area contributed by atoms with E-state index in [0.717, 1.165) is 35.0 Å². The molecule has 0 spiro atoms. The van der Waals surface area contributed by atoms with Crippen molar-refractivity contribution in [3.8, 4) is 0 Å². The van der Waals surface area contributed by atoms with Crippen molar-refractivity contribution >= 4 is 31.2 Å². The van der Waals surface area contributed by atoms with Gasteiger partial charge in [-0.1, -0.05) is 88.6 Å². The van der Waals surface area contributed by atoms with E-state index in [2.05, 4.69) is 79.8 Å². The fourth-order valence-electron chi connectivity index (χ4n) is 6.20. The number of carbonyl (C=O) groups excluding carboxylic acids is 2. The van der Waals surface area contributed by atoms with Crippen molar-refractivity contribution in [1.29, 1.82) is 0 Å². The molecule has 1 aliphatic carbocycles. The van der Waals surface area contributed by atoms with Gasteiger partial charge in [-0.2, -0.15) is 0 Å². The number of amides is 2. The van der Waals surface area contributed by atoms with Gasteiger partial charge in [-0.05, 0) is 93.6 Å². The molecule has 1 saturated carbocycles. The highest BCUT2D eigenvalue weighted by atomic mass is 28.4. The highest BCUT2D eigenvalue weighted by Crippen LogP contribution is 2.39. The average Bonchev–Trinajstić information content (AvgIpc) is 3.41. The molecule has 1 aliphatic rings. The highest BCUT2D eigenvalue weighted by molar-refractivity contribution is 6.74. The second-order valence-electron chi connectivity index (χ2n) is 15.7. The molecule has 0 radical (unpaired) electrons. The lowest BCUT2D eigenvalue weighted by Gasteiger charge is -2.42. The predicted octanol–water partition coefficient (Wildman–Crippen LogP) is 9.21. The van der Waals surface area contributed by atoms with Gasteiger partial charge in [0.1, 0.15) is 5.60 Å². The van der Waals surface area contributed by atoms with E-state index in [1.165, 1.54) is 19.3 Å². The summed E-state index contributed by atoms with van der Waals surface area (Å²) in [7, 11) is -2.28. The molecule has 46 heavy (non-hydrogen) atoms. The minimum Gasteiger partial charge on any atom is -0.444 e. The van der Waals surface area contributed by atoms with Crippen molar-refractivity contribution in [2.75, 3.05) is 0 Å². The van der Waals surface area contributed by atoms with Crippen LogP contribution in [0.4, 0.5) is 4.79 Å². The topological polar surface area (TPSA) is 92.5 Å². The summed E-state index contributed by atoms with van der Waals surface area (Å²) in [6.07, 6.45) is 6.35. The van der Waals surface area contributed by atoms with E-state index in [1.54, 1.807) is 0 Å². The summed E-state index contributed by atoms with van der Waals surface area (Å²) in [6, 6.07) is 20.2. The van der Waals surface area contributed by atoms with Crippen LogP contribution in [0.5, 0.6) is 0 Å². The van der Waals surface area contributed by atoms with E-state index in [9.17, 15) is 9.59 Å². The lowest BCUT2D eigenvalue weighted by molar-refractivity contribution is -0.123. The quantitative estimate of drug-likeness (QED) is 0.171. The molecule has 0 aliphatic heterocycles. The summed E-state index contributed by atoms with van der Waals surface area (Å²) >= 11 is 0. The summed E-state index contributed by atoms with van der Waals surface area (Å²) in [4.78, 5) is 30.6. The van der Waals surface area contributed by atoms with Crippen molar-refractivity contribution in [2.45, 2.75) is 135 Å². The molecule has 8 heteroatoms. The number of nitrogens with one attached hydrogen (secondary N) is 3. The Bertz CT molecular complexity index is 1380. The maximum Gasteiger partial charge on any atom is 0.407 e. The minimum atomic E-state index is -2.28. The van der Waals surface area contributed by atoms with Gasteiger partial charge in [0.05, 0.1) is 18.2 Å². The van der Waals surface area contributed by atoms with Crippen LogP contribution in [0, 0.1) is 5.92 Å². The Morgan fingerprint density at radius 3 is 2.20 bits per heavy atom. The van der Waals surface area contributed by atoms with Gasteiger partial charge in [0.15, 0.2) is 8.32 Å². The van der Waals surface area contributed by atoms with E-state index in [1.807, 2.05) is 51.1 Å². The maximum absolute atomic E-state index is 13.9. The minimum absolute atomic E-state index is 0.00814. The van der Waals surface area contributed by atoms with Crippen molar-refractivity contribution in [1.82, 2.24) is 15.6 Å². The lowest BCUT2D eigenvalue weighted by atomic mass is 9.82. The predicted molar refractivity (Wildman–Crippen MR) is 190 cm³/mol. The number of aromatic amines is 1. The zero-order valence-corrected chi connectivity index (χ0v) is 30.4. The average molecular weight is 648 g/mol. The van der Waals surface area contributed by atoms with E-state index in [4.69, 9.17) is 9.16 Å². The monoisotopic (exact) mass is 647 g/mol. The van der Waals surface area contributed by atoms with E-state index < -0.39 is 20.0 Å². The van der Waals surface area contributed by atoms with Crippen LogP contribution in [0.15, 0.2) is 60.7 Å². The molecule has 1 fully saturated rings. The first kappa shape index (κ1) is 35.7. The van der Waals surface area contributed by atoms with Crippen LogP contribution in [0.2, 0.25) is 18.1 Å². The molecular weight excluding hydrogens is 591 g/mol. The molecule has 3 N–H and O–H groups in total. The zero-order valence-electron chi connectivity index (χ0n) is 29.4. The van der Waals surface area contributed by atoms with Gasteiger partial charge in [-0.15, -0.1) is 0 Å². The molecule has 3 aromatic rings. The number of hydrogen-bond donors (Lipinski definition) is 3. The first-order valence-corrected chi connectivity index (χ1v) is 20.1. The number of benzene rings is 2. The summed E-state index contributed by atoms with van der Waals surface area (Å²) in [5, 5.41) is 7.72. The fraction of sp³-hybridized carbons (Fsp3) is 0.579. The van der Waals surface area contributed by atoms with Crippen molar-refractivity contribution in [3.63, 3.8) is 0 Å². The van der Waals surface area contributed by atoms with Crippen LogP contribution in [-0.2, 0) is 20.4 Å². The van der Waals surface area contributed by atoms with Gasteiger partial charge in [0, 0.05) is 17.6 Å². The van der Waals surface area contributed by atoms with E-state index in [0.29, 0.717) is 25.2 Å². The number of ether oxygens (including phenoxy) is 1. The Morgan fingerprint density at radius 1 is 0.913 bits per heavy atom. The van der Waals surface area contributed by atoms with Crippen LogP contribution >= 0.6 is 0 Å². The number of alkyl carbamates (subject to hydrolysis) is 1. The van der Waals surface area contributed by atoms with Crippen LogP contribution in [-0.4, -0.2) is 43.0 Å². The lowest BCUT2D eigenvalue weighted by Crippen LogP contribution is -2.53. The molecule has 1 heterocycles. The first-order valence-electron chi connectivity index (χ1n) is 17.2. The van der Waals surface area contributed by atoms with E-state index >= 15 is 0 Å². The molecule has 4 rings (SSSR count). The molecule has 0 saturated heterocycles. The molecular formula is C38H57N3O4Si. The fourth-order valence-corrected chi connectivity index (χ4v) is 7.59. The summed E-state index contributed by atoms with van der Waals surface area (Å²) < 4.78 is 12.7. The van der Waals surface area contributed by atoms with Crippen LogP contribution in [0.25, 0.3) is 10.9 Å². The molecule has 1 unspecified atom stereocenters. The first-order chi connectivity index (χ1) is 21.6. The van der Waals surface area contributed by atoms with Crippen molar-refractivity contribution < 1.29 is 18.8 Å². The number of H-pyrrole nitrogens is 1. The Hall–Kier alpha value is -3.10. The molecule has 1 aromatic heterocycles.